The zero-order valence-electron chi connectivity index (χ0n) is 11.8. The van der Waals surface area contributed by atoms with Crippen LogP contribution in [0.4, 0.5) is 0 Å². The summed E-state index contributed by atoms with van der Waals surface area (Å²) in [6, 6.07) is 0. The van der Waals surface area contributed by atoms with Gasteiger partial charge in [-0.2, -0.15) is 0 Å². The third-order valence-electron chi connectivity index (χ3n) is 4.11. The molecule has 2 N–H and O–H groups in total. The highest BCUT2D eigenvalue weighted by atomic mass is 16.4. The quantitative estimate of drug-likeness (QED) is 0.817. The second-order valence-corrected chi connectivity index (χ2v) is 5.52. The van der Waals surface area contributed by atoms with Crippen LogP contribution in [0.15, 0.2) is 12.4 Å². The Morgan fingerprint density at radius 2 is 2.15 bits per heavy atom. The fourth-order valence-electron chi connectivity index (χ4n) is 2.84. The molecule has 1 aromatic heterocycles. The van der Waals surface area contributed by atoms with E-state index >= 15 is 0 Å². The number of carbonyl (C=O) groups excluding carboxylic acids is 1. The Morgan fingerprint density at radius 3 is 2.70 bits per heavy atom. The van der Waals surface area contributed by atoms with E-state index in [2.05, 4.69) is 10.3 Å². The molecule has 0 aliphatic heterocycles. The van der Waals surface area contributed by atoms with Crippen molar-refractivity contribution < 1.29 is 14.7 Å². The number of amides is 1. The summed E-state index contributed by atoms with van der Waals surface area (Å²) in [4.78, 5) is 27.5. The van der Waals surface area contributed by atoms with Gasteiger partial charge in [-0.15, -0.1) is 0 Å². The molecular weight excluding hydrogens is 258 g/mol. The lowest BCUT2D eigenvalue weighted by Crippen LogP contribution is -2.36. The smallest absolute Gasteiger partial charge is 0.310 e. The lowest BCUT2D eigenvalue weighted by atomic mass is 9.82. The maximum absolute atomic E-state index is 11.9. The van der Waals surface area contributed by atoms with Crippen molar-refractivity contribution in [3.8, 4) is 0 Å². The van der Waals surface area contributed by atoms with Gasteiger partial charge in [0, 0.05) is 38.8 Å². The highest BCUT2D eigenvalue weighted by molar-refractivity contribution is 5.85. The molecule has 0 radical (unpaired) electrons. The van der Waals surface area contributed by atoms with Gasteiger partial charge in [-0.3, -0.25) is 9.59 Å². The van der Waals surface area contributed by atoms with Gasteiger partial charge in [0.05, 0.1) is 5.41 Å². The number of rotatable bonds is 6. The molecule has 1 amide bonds. The molecule has 1 fully saturated rings. The van der Waals surface area contributed by atoms with Crippen LogP contribution in [0.1, 0.15) is 37.9 Å². The number of aromatic nitrogens is 2. The molecule has 0 saturated heterocycles. The van der Waals surface area contributed by atoms with Crippen LogP contribution in [0.25, 0.3) is 0 Å². The van der Waals surface area contributed by atoms with E-state index in [1.54, 1.807) is 6.20 Å². The summed E-state index contributed by atoms with van der Waals surface area (Å²) < 4.78 is 1.90. The maximum atomic E-state index is 11.9. The Hall–Kier alpha value is -1.85. The topological polar surface area (TPSA) is 84.2 Å². The van der Waals surface area contributed by atoms with Crippen LogP contribution in [0.2, 0.25) is 0 Å². The number of hydrogen-bond acceptors (Lipinski definition) is 3. The predicted octanol–water partition coefficient (Wildman–Crippen LogP) is 1.11. The van der Waals surface area contributed by atoms with E-state index in [1.807, 2.05) is 17.8 Å². The molecule has 0 aromatic carbocycles. The van der Waals surface area contributed by atoms with Gasteiger partial charge in [0.2, 0.25) is 5.91 Å². The molecular formula is C14H21N3O3. The van der Waals surface area contributed by atoms with Gasteiger partial charge in [-0.1, -0.05) is 12.8 Å². The van der Waals surface area contributed by atoms with Crippen molar-refractivity contribution in [1.82, 2.24) is 14.9 Å². The molecule has 110 valence electrons. The van der Waals surface area contributed by atoms with Crippen LogP contribution in [0.5, 0.6) is 0 Å². The van der Waals surface area contributed by atoms with E-state index in [0.29, 0.717) is 25.8 Å². The first-order chi connectivity index (χ1) is 9.53. The van der Waals surface area contributed by atoms with Gasteiger partial charge < -0.3 is 15.0 Å². The van der Waals surface area contributed by atoms with Crippen molar-refractivity contribution in [1.29, 1.82) is 0 Å². The first-order valence-corrected chi connectivity index (χ1v) is 7.00. The average Bonchev–Trinajstić information content (AvgIpc) is 3.00. The Kier molecular flexibility index (Phi) is 4.42. The van der Waals surface area contributed by atoms with Gasteiger partial charge in [-0.25, -0.2) is 4.98 Å². The first-order valence-electron chi connectivity index (χ1n) is 7.00. The maximum Gasteiger partial charge on any atom is 0.310 e. The molecule has 6 nitrogen and oxygen atoms in total. The van der Waals surface area contributed by atoms with E-state index in [4.69, 9.17) is 0 Å². The van der Waals surface area contributed by atoms with Crippen molar-refractivity contribution in [2.24, 2.45) is 12.5 Å². The van der Waals surface area contributed by atoms with Crippen LogP contribution in [-0.4, -0.2) is 33.1 Å². The lowest BCUT2D eigenvalue weighted by molar-refractivity contribution is -0.151. The Morgan fingerprint density at radius 1 is 1.45 bits per heavy atom. The average molecular weight is 279 g/mol. The summed E-state index contributed by atoms with van der Waals surface area (Å²) in [5.41, 5.74) is -0.840. The molecule has 1 aliphatic carbocycles. The summed E-state index contributed by atoms with van der Waals surface area (Å²) in [7, 11) is 1.90. The van der Waals surface area contributed by atoms with E-state index in [1.165, 1.54) is 0 Å². The molecule has 20 heavy (non-hydrogen) atoms. The fraction of sp³-hybridized carbons (Fsp3) is 0.643. The molecule has 2 rings (SSSR count). The predicted molar refractivity (Wildman–Crippen MR) is 73.1 cm³/mol. The van der Waals surface area contributed by atoms with E-state index in [0.717, 1.165) is 18.7 Å². The number of imidazole rings is 1. The van der Waals surface area contributed by atoms with E-state index in [-0.39, 0.29) is 12.3 Å². The number of nitrogens with one attached hydrogen (secondary N) is 1. The molecule has 1 saturated carbocycles. The van der Waals surface area contributed by atoms with E-state index < -0.39 is 11.4 Å². The van der Waals surface area contributed by atoms with Crippen LogP contribution >= 0.6 is 0 Å². The SMILES string of the molecule is Cn1ccnc1CCNC(=O)CC1(C(=O)O)CCCC1. The minimum absolute atomic E-state index is 0.0862. The molecule has 0 unspecified atom stereocenters. The van der Waals surface area contributed by atoms with Crippen LogP contribution < -0.4 is 5.32 Å². The van der Waals surface area contributed by atoms with Gasteiger partial charge in [0.15, 0.2) is 0 Å². The van der Waals surface area contributed by atoms with E-state index in [9.17, 15) is 14.7 Å². The summed E-state index contributed by atoms with van der Waals surface area (Å²) in [6.45, 7) is 0.486. The summed E-state index contributed by atoms with van der Waals surface area (Å²) in [5.74, 6) is -0.114. The van der Waals surface area contributed by atoms with Crippen LogP contribution in [-0.2, 0) is 23.1 Å². The number of carboxylic acids is 1. The second-order valence-electron chi connectivity index (χ2n) is 5.52. The summed E-state index contributed by atoms with van der Waals surface area (Å²) in [5, 5.41) is 12.1. The summed E-state index contributed by atoms with van der Waals surface area (Å²) >= 11 is 0. The Bertz CT molecular complexity index is 490. The van der Waals surface area contributed by atoms with Gasteiger partial charge in [-0.05, 0) is 12.8 Å². The third kappa shape index (κ3) is 3.18. The van der Waals surface area contributed by atoms with Crippen molar-refractivity contribution in [2.45, 2.75) is 38.5 Å². The van der Waals surface area contributed by atoms with Gasteiger partial charge in [0.25, 0.3) is 0 Å². The number of nitrogens with zero attached hydrogens (tertiary/aromatic N) is 2. The highest BCUT2D eigenvalue weighted by Gasteiger charge is 2.42. The Labute approximate surface area is 118 Å². The Balaban J connectivity index is 1.80. The van der Waals surface area contributed by atoms with Crippen molar-refractivity contribution in [2.75, 3.05) is 6.54 Å². The minimum atomic E-state index is -0.840. The molecule has 0 atom stereocenters. The molecule has 0 spiro atoms. The highest BCUT2D eigenvalue weighted by Crippen LogP contribution is 2.41. The second kappa shape index (κ2) is 6.07. The standard InChI is InChI=1S/C14H21N3O3/c1-17-9-8-15-11(17)4-7-16-12(18)10-14(13(19)20)5-2-3-6-14/h8-9H,2-7,10H2,1H3,(H,16,18)(H,19,20). The number of aryl methyl sites for hydroxylation is 1. The number of hydrogen-bond donors (Lipinski definition) is 2. The zero-order valence-corrected chi connectivity index (χ0v) is 11.8. The zero-order chi connectivity index (χ0) is 14.6. The normalized spacial score (nSPS) is 17.1. The fourth-order valence-corrected chi connectivity index (χ4v) is 2.84. The van der Waals surface area contributed by atoms with Crippen LogP contribution in [0.3, 0.4) is 0 Å². The monoisotopic (exact) mass is 279 g/mol. The van der Waals surface area contributed by atoms with Gasteiger partial charge in [0.1, 0.15) is 5.82 Å². The molecule has 1 aromatic rings. The molecule has 6 heteroatoms. The van der Waals surface area contributed by atoms with Crippen LogP contribution in [0, 0.1) is 5.41 Å². The van der Waals surface area contributed by atoms with Gasteiger partial charge >= 0.3 is 5.97 Å². The number of carboxylic acid groups (broad SMARTS) is 1. The lowest BCUT2D eigenvalue weighted by Gasteiger charge is -2.22. The van der Waals surface area contributed by atoms with Crippen molar-refractivity contribution in [3.05, 3.63) is 18.2 Å². The van der Waals surface area contributed by atoms with Crippen molar-refractivity contribution >= 4 is 11.9 Å². The third-order valence-corrected chi connectivity index (χ3v) is 4.11. The molecule has 1 aliphatic rings. The molecule has 1 heterocycles. The van der Waals surface area contributed by atoms with Crippen molar-refractivity contribution in [3.63, 3.8) is 0 Å². The largest absolute Gasteiger partial charge is 0.481 e. The summed E-state index contributed by atoms with van der Waals surface area (Å²) in [6.07, 6.45) is 7.31. The molecule has 0 bridgehead atoms. The first kappa shape index (κ1) is 14.6. The number of carbonyl (C=O) groups is 2. The minimum Gasteiger partial charge on any atom is -0.481 e. The number of aliphatic carboxylic acids is 1.